The van der Waals surface area contributed by atoms with Gasteiger partial charge in [-0.3, -0.25) is 4.79 Å². The van der Waals surface area contributed by atoms with Crippen molar-refractivity contribution >= 4 is 17.2 Å². The van der Waals surface area contributed by atoms with Crippen molar-refractivity contribution in [1.29, 1.82) is 0 Å². The van der Waals surface area contributed by atoms with Crippen LogP contribution in [0.4, 0.5) is 4.39 Å². The molecule has 0 N–H and O–H groups in total. The third-order valence-electron chi connectivity index (χ3n) is 3.62. The SMILES string of the molecule is O=C(c1csc(-c2ccccc2)c1)N1CCC(F)CC1. The van der Waals surface area contributed by atoms with Crippen molar-refractivity contribution in [3.8, 4) is 10.4 Å². The second-order valence-electron chi connectivity index (χ2n) is 5.03. The number of nitrogens with zero attached hydrogens (tertiary/aromatic N) is 1. The number of thiophene rings is 1. The number of hydrogen-bond acceptors (Lipinski definition) is 2. The molecule has 1 aromatic carbocycles. The first-order valence-corrected chi connectivity index (χ1v) is 7.69. The van der Waals surface area contributed by atoms with Gasteiger partial charge in [0.15, 0.2) is 0 Å². The number of amides is 1. The Morgan fingerprint density at radius 2 is 1.90 bits per heavy atom. The van der Waals surface area contributed by atoms with Crippen molar-refractivity contribution in [3.63, 3.8) is 0 Å². The lowest BCUT2D eigenvalue weighted by atomic mass is 10.1. The number of halogens is 1. The molecule has 0 radical (unpaired) electrons. The van der Waals surface area contributed by atoms with E-state index in [4.69, 9.17) is 0 Å². The van der Waals surface area contributed by atoms with E-state index in [2.05, 4.69) is 0 Å². The lowest BCUT2D eigenvalue weighted by Gasteiger charge is -2.28. The molecule has 0 bridgehead atoms. The van der Waals surface area contributed by atoms with Gasteiger partial charge in [0.1, 0.15) is 6.17 Å². The van der Waals surface area contributed by atoms with Crippen LogP contribution in [0.1, 0.15) is 23.2 Å². The van der Waals surface area contributed by atoms with Gasteiger partial charge in [-0.2, -0.15) is 0 Å². The highest BCUT2D eigenvalue weighted by molar-refractivity contribution is 7.13. The Labute approximate surface area is 121 Å². The van der Waals surface area contributed by atoms with Crippen molar-refractivity contribution in [1.82, 2.24) is 4.90 Å². The van der Waals surface area contributed by atoms with Crippen LogP contribution in [0.5, 0.6) is 0 Å². The lowest BCUT2D eigenvalue weighted by molar-refractivity contribution is 0.0667. The monoisotopic (exact) mass is 289 g/mol. The molecule has 0 atom stereocenters. The molecule has 1 amide bonds. The van der Waals surface area contributed by atoms with Gasteiger partial charge in [0.25, 0.3) is 5.91 Å². The van der Waals surface area contributed by atoms with Crippen LogP contribution in [0.3, 0.4) is 0 Å². The molecule has 0 unspecified atom stereocenters. The van der Waals surface area contributed by atoms with Gasteiger partial charge in [-0.05, 0) is 24.5 Å². The van der Waals surface area contributed by atoms with E-state index in [0.29, 0.717) is 31.5 Å². The molecule has 4 heteroatoms. The molecule has 0 saturated carbocycles. The zero-order valence-corrected chi connectivity index (χ0v) is 11.9. The molecular weight excluding hydrogens is 273 g/mol. The fraction of sp³-hybridized carbons (Fsp3) is 0.312. The standard InChI is InChI=1S/C16H16FNOS/c17-14-6-8-18(9-7-14)16(19)13-10-15(20-11-13)12-4-2-1-3-5-12/h1-5,10-11,14H,6-9H2. The summed E-state index contributed by atoms with van der Waals surface area (Å²) in [6.07, 6.45) is 0.171. The Hall–Kier alpha value is -1.68. The number of benzene rings is 1. The van der Waals surface area contributed by atoms with Crippen LogP contribution in [0.15, 0.2) is 41.8 Å². The summed E-state index contributed by atoms with van der Waals surface area (Å²) in [5, 5.41) is 1.90. The average Bonchev–Trinajstić information content (AvgIpc) is 2.98. The van der Waals surface area contributed by atoms with Crippen LogP contribution in [0.25, 0.3) is 10.4 Å². The highest BCUT2D eigenvalue weighted by atomic mass is 32.1. The first-order valence-electron chi connectivity index (χ1n) is 6.81. The number of likely N-dealkylation sites (tertiary alicyclic amines) is 1. The Morgan fingerprint density at radius 3 is 2.60 bits per heavy atom. The van der Waals surface area contributed by atoms with Crippen LogP contribution >= 0.6 is 11.3 Å². The van der Waals surface area contributed by atoms with E-state index in [-0.39, 0.29) is 5.91 Å². The number of carbonyl (C=O) groups is 1. The molecule has 1 fully saturated rings. The summed E-state index contributed by atoms with van der Waals surface area (Å²) in [5.74, 6) is 0.0235. The number of piperidine rings is 1. The minimum Gasteiger partial charge on any atom is -0.338 e. The summed E-state index contributed by atoms with van der Waals surface area (Å²) in [4.78, 5) is 15.2. The fourth-order valence-electron chi connectivity index (χ4n) is 2.44. The number of carbonyl (C=O) groups excluding carboxylic acids is 1. The summed E-state index contributed by atoms with van der Waals surface area (Å²) >= 11 is 1.57. The first kappa shape index (κ1) is 13.3. The lowest BCUT2D eigenvalue weighted by Crippen LogP contribution is -2.38. The smallest absolute Gasteiger partial charge is 0.254 e. The molecule has 3 rings (SSSR count). The van der Waals surface area contributed by atoms with Gasteiger partial charge in [-0.25, -0.2) is 4.39 Å². The molecule has 0 aliphatic carbocycles. The van der Waals surface area contributed by atoms with Gasteiger partial charge in [-0.1, -0.05) is 30.3 Å². The van der Waals surface area contributed by atoms with Gasteiger partial charge in [0.2, 0.25) is 0 Å². The molecular formula is C16H16FNOS. The van der Waals surface area contributed by atoms with Gasteiger partial charge in [-0.15, -0.1) is 11.3 Å². The molecule has 2 aromatic rings. The quantitative estimate of drug-likeness (QED) is 0.818. The Balaban J connectivity index is 1.75. The Bertz CT molecular complexity index is 588. The van der Waals surface area contributed by atoms with Crippen molar-refractivity contribution in [2.45, 2.75) is 19.0 Å². The molecule has 1 saturated heterocycles. The maximum Gasteiger partial charge on any atom is 0.254 e. The number of alkyl halides is 1. The third-order valence-corrected chi connectivity index (χ3v) is 4.60. The molecule has 2 nitrogen and oxygen atoms in total. The minimum absolute atomic E-state index is 0.0235. The van der Waals surface area contributed by atoms with Crippen molar-refractivity contribution in [2.75, 3.05) is 13.1 Å². The van der Waals surface area contributed by atoms with Crippen LogP contribution in [-0.4, -0.2) is 30.1 Å². The Kier molecular flexibility index (Phi) is 3.83. The molecule has 1 aromatic heterocycles. The van der Waals surface area contributed by atoms with Crippen LogP contribution < -0.4 is 0 Å². The average molecular weight is 289 g/mol. The highest BCUT2D eigenvalue weighted by Gasteiger charge is 2.23. The zero-order valence-electron chi connectivity index (χ0n) is 11.1. The van der Waals surface area contributed by atoms with Crippen molar-refractivity contribution < 1.29 is 9.18 Å². The molecule has 20 heavy (non-hydrogen) atoms. The van der Waals surface area contributed by atoms with Crippen LogP contribution in [-0.2, 0) is 0 Å². The highest BCUT2D eigenvalue weighted by Crippen LogP contribution is 2.28. The summed E-state index contributed by atoms with van der Waals surface area (Å²) in [6.45, 7) is 1.05. The molecule has 1 aliphatic heterocycles. The second-order valence-corrected chi connectivity index (χ2v) is 5.94. The van der Waals surface area contributed by atoms with Crippen molar-refractivity contribution in [2.24, 2.45) is 0 Å². The summed E-state index contributed by atoms with van der Waals surface area (Å²) < 4.78 is 13.1. The topological polar surface area (TPSA) is 20.3 Å². The minimum atomic E-state index is -0.749. The van der Waals surface area contributed by atoms with Gasteiger partial charge in [0, 0.05) is 23.3 Å². The van der Waals surface area contributed by atoms with Crippen LogP contribution in [0.2, 0.25) is 0 Å². The summed E-state index contributed by atoms with van der Waals surface area (Å²) in [7, 11) is 0. The van der Waals surface area contributed by atoms with E-state index in [1.54, 1.807) is 16.2 Å². The first-order chi connectivity index (χ1) is 9.74. The Morgan fingerprint density at radius 1 is 1.20 bits per heavy atom. The number of rotatable bonds is 2. The largest absolute Gasteiger partial charge is 0.338 e. The molecule has 1 aliphatic rings. The molecule has 0 spiro atoms. The summed E-state index contributed by atoms with van der Waals surface area (Å²) in [5.41, 5.74) is 1.84. The van der Waals surface area contributed by atoms with E-state index in [9.17, 15) is 9.18 Å². The van der Waals surface area contributed by atoms with Crippen LogP contribution in [0, 0.1) is 0 Å². The third kappa shape index (κ3) is 2.75. The normalized spacial score (nSPS) is 16.4. The van der Waals surface area contributed by atoms with Gasteiger partial charge < -0.3 is 4.90 Å². The molecule has 104 valence electrons. The van der Waals surface area contributed by atoms with E-state index in [1.807, 2.05) is 41.8 Å². The van der Waals surface area contributed by atoms with E-state index in [0.717, 1.165) is 10.4 Å². The summed E-state index contributed by atoms with van der Waals surface area (Å²) in [6, 6.07) is 12.0. The zero-order chi connectivity index (χ0) is 13.9. The van der Waals surface area contributed by atoms with Gasteiger partial charge >= 0.3 is 0 Å². The maximum absolute atomic E-state index is 13.1. The van der Waals surface area contributed by atoms with E-state index < -0.39 is 6.17 Å². The van der Waals surface area contributed by atoms with E-state index in [1.165, 1.54) is 0 Å². The second kappa shape index (κ2) is 5.75. The predicted molar refractivity (Wildman–Crippen MR) is 79.8 cm³/mol. The van der Waals surface area contributed by atoms with Gasteiger partial charge in [0.05, 0.1) is 5.56 Å². The van der Waals surface area contributed by atoms with Crippen molar-refractivity contribution in [3.05, 3.63) is 47.3 Å². The predicted octanol–water partition coefficient (Wildman–Crippen LogP) is 3.99. The maximum atomic E-state index is 13.1. The molecule has 2 heterocycles. The fourth-order valence-corrected chi connectivity index (χ4v) is 3.33. The number of hydrogen-bond donors (Lipinski definition) is 0. The van der Waals surface area contributed by atoms with E-state index >= 15 is 0 Å².